The van der Waals surface area contributed by atoms with Crippen LogP contribution in [0.1, 0.15) is 28.9 Å². The van der Waals surface area contributed by atoms with E-state index in [9.17, 15) is 13.2 Å². The molecule has 0 bridgehead atoms. The van der Waals surface area contributed by atoms with Crippen LogP contribution < -0.4 is 14.4 Å². The monoisotopic (exact) mass is 362 g/mol. The fraction of sp³-hybridized carbons (Fsp3) is 0.278. The summed E-state index contributed by atoms with van der Waals surface area (Å²) < 4.78 is 30.0. The number of benzene rings is 2. The van der Waals surface area contributed by atoms with E-state index < -0.39 is 10.0 Å². The highest BCUT2D eigenvalue weighted by Crippen LogP contribution is 2.26. The lowest BCUT2D eigenvalue weighted by atomic mass is 10.1. The number of carbonyl (C=O) groups is 1. The standard InChI is InChI=1S/C18H22N2O4S/c1-13(14-9-6-8-12-17(14)24-3)19-18(21)15-10-5-7-11-16(15)20(2)25(4,22)23/h5-13H,1-4H3,(H,19,21)/t13-/m0/s1. The molecule has 134 valence electrons. The van der Waals surface area contributed by atoms with Crippen molar-refractivity contribution in [1.82, 2.24) is 5.32 Å². The van der Waals surface area contributed by atoms with Gasteiger partial charge in [0.1, 0.15) is 5.75 Å². The first-order valence-electron chi connectivity index (χ1n) is 7.72. The van der Waals surface area contributed by atoms with E-state index in [0.717, 1.165) is 16.1 Å². The fourth-order valence-electron chi connectivity index (χ4n) is 2.50. The number of nitrogens with zero attached hydrogens (tertiary/aromatic N) is 1. The average molecular weight is 362 g/mol. The second-order valence-corrected chi connectivity index (χ2v) is 7.70. The SMILES string of the molecule is COc1ccccc1[C@H](C)NC(=O)c1ccccc1N(C)S(C)(=O)=O. The molecule has 25 heavy (non-hydrogen) atoms. The van der Waals surface area contributed by atoms with Gasteiger partial charge in [0.05, 0.1) is 30.7 Å². The van der Waals surface area contributed by atoms with Crippen LogP contribution in [-0.4, -0.2) is 34.7 Å². The molecule has 0 heterocycles. The minimum atomic E-state index is -3.47. The first-order chi connectivity index (χ1) is 11.8. The Bertz CT molecular complexity index is 865. The third-order valence-corrected chi connectivity index (χ3v) is 5.13. The zero-order valence-corrected chi connectivity index (χ0v) is 15.5. The number of amides is 1. The van der Waals surface area contributed by atoms with Gasteiger partial charge in [-0.05, 0) is 25.1 Å². The summed E-state index contributed by atoms with van der Waals surface area (Å²) in [6.45, 7) is 1.85. The first-order valence-corrected chi connectivity index (χ1v) is 9.57. The highest BCUT2D eigenvalue weighted by Gasteiger charge is 2.21. The number of carbonyl (C=O) groups excluding carboxylic acids is 1. The highest BCUT2D eigenvalue weighted by molar-refractivity contribution is 7.92. The lowest BCUT2D eigenvalue weighted by molar-refractivity contribution is 0.0940. The van der Waals surface area contributed by atoms with Crippen molar-refractivity contribution in [2.75, 3.05) is 24.7 Å². The second-order valence-electron chi connectivity index (χ2n) is 5.68. The van der Waals surface area contributed by atoms with E-state index in [0.29, 0.717) is 11.4 Å². The quantitative estimate of drug-likeness (QED) is 0.857. The van der Waals surface area contributed by atoms with E-state index >= 15 is 0 Å². The Kier molecular flexibility index (Phi) is 5.69. The largest absolute Gasteiger partial charge is 0.496 e. The van der Waals surface area contributed by atoms with Crippen molar-refractivity contribution in [3.63, 3.8) is 0 Å². The Labute approximate surface area is 148 Å². The van der Waals surface area contributed by atoms with Crippen molar-refractivity contribution < 1.29 is 17.9 Å². The van der Waals surface area contributed by atoms with Gasteiger partial charge in [0, 0.05) is 12.6 Å². The maximum absolute atomic E-state index is 12.7. The Morgan fingerprint density at radius 3 is 2.36 bits per heavy atom. The number of hydrogen-bond acceptors (Lipinski definition) is 4. The molecule has 1 N–H and O–H groups in total. The van der Waals surface area contributed by atoms with Gasteiger partial charge in [0.25, 0.3) is 5.91 Å². The van der Waals surface area contributed by atoms with Crippen LogP contribution >= 0.6 is 0 Å². The first kappa shape index (κ1) is 18.8. The van der Waals surface area contributed by atoms with Crippen molar-refractivity contribution in [2.24, 2.45) is 0 Å². The predicted octanol–water partition coefficient (Wildman–Crippen LogP) is 2.58. The van der Waals surface area contributed by atoms with Gasteiger partial charge in [0.2, 0.25) is 10.0 Å². The molecule has 2 rings (SSSR count). The molecule has 0 fully saturated rings. The van der Waals surface area contributed by atoms with Crippen LogP contribution in [0.5, 0.6) is 5.75 Å². The number of hydrogen-bond donors (Lipinski definition) is 1. The van der Waals surface area contributed by atoms with Crippen LogP contribution in [0.4, 0.5) is 5.69 Å². The maximum atomic E-state index is 12.7. The molecule has 6 nitrogen and oxygen atoms in total. The molecule has 0 aliphatic rings. The molecule has 0 spiro atoms. The minimum Gasteiger partial charge on any atom is -0.496 e. The topological polar surface area (TPSA) is 75.7 Å². The summed E-state index contributed by atoms with van der Waals surface area (Å²) in [5.74, 6) is 0.321. The van der Waals surface area contributed by atoms with E-state index in [1.807, 2.05) is 31.2 Å². The normalized spacial score (nSPS) is 12.3. The number of sulfonamides is 1. The van der Waals surface area contributed by atoms with Crippen molar-refractivity contribution in [3.05, 3.63) is 59.7 Å². The fourth-order valence-corrected chi connectivity index (χ4v) is 3.01. The Hall–Kier alpha value is -2.54. The molecule has 7 heteroatoms. The number of anilines is 1. The number of nitrogens with one attached hydrogen (secondary N) is 1. The number of rotatable bonds is 6. The van der Waals surface area contributed by atoms with E-state index in [2.05, 4.69) is 5.32 Å². The zero-order chi connectivity index (χ0) is 18.6. The lowest BCUT2D eigenvalue weighted by Crippen LogP contribution is -2.31. The van der Waals surface area contributed by atoms with Crippen LogP contribution in [0, 0.1) is 0 Å². The average Bonchev–Trinajstić information content (AvgIpc) is 2.60. The van der Waals surface area contributed by atoms with Crippen molar-refractivity contribution in [2.45, 2.75) is 13.0 Å². The lowest BCUT2D eigenvalue weighted by Gasteiger charge is -2.22. The molecule has 1 amide bonds. The Balaban J connectivity index is 2.30. The van der Waals surface area contributed by atoms with Gasteiger partial charge in [-0.2, -0.15) is 0 Å². The third kappa shape index (κ3) is 4.30. The van der Waals surface area contributed by atoms with Crippen LogP contribution in [0.3, 0.4) is 0 Å². The summed E-state index contributed by atoms with van der Waals surface area (Å²) in [6.07, 6.45) is 1.10. The van der Waals surface area contributed by atoms with E-state index in [-0.39, 0.29) is 17.5 Å². The van der Waals surface area contributed by atoms with Gasteiger partial charge < -0.3 is 10.1 Å². The zero-order valence-electron chi connectivity index (χ0n) is 14.7. The van der Waals surface area contributed by atoms with Gasteiger partial charge in [-0.15, -0.1) is 0 Å². The Morgan fingerprint density at radius 1 is 1.12 bits per heavy atom. The molecule has 0 aliphatic heterocycles. The van der Waals surface area contributed by atoms with Crippen LogP contribution in [0.25, 0.3) is 0 Å². The molecule has 2 aromatic carbocycles. The van der Waals surface area contributed by atoms with Gasteiger partial charge in [-0.25, -0.2) is 8.42 Å². The summed E-state index contributed by atoms with van der Waals surface area (Å²) in [6, 6.07) is 13.7. The van der Waals surface area contributed by atoms with Crippen molar-refractivity contribution in [3.8, 4) is 5.75 Å². The molecule has 0 saturated heterocycles. The smallest absolute Gasteiger partial charge is 0.253 e. The van der Waals surface area contributed by atoms with Gasteiger partial charge in [-0.1, -0.05) is 30.3 Å². The van der Waals surface area contributed by atoms with E-state index in [4.69, 9.17) is 4.74 Å². The highest BCUT2D eigenvalue weighted by atomic mass is 32.2. The van der Waals surface area contributed by atoms with E-state index in [1.54, 1.807) is 31.4 Å². The molecule has 2 aromatic rings. The van der Waals surface area contributed by atoms with Gasteiger partial charge in [0.15, 0.2) is 0 Å². The second kappa shape index (κ2) is 7.57. The number of methoxy groups -OCH3 is 1. The summed E-state index contributed by atoms with van der Waals surface area (Å²) in [5, 5.41) is 2.89. The predicted molar refractivity (Wildman–Crippen MR) is 98.6 cm³/mol. The molecule has 0 unspecified atom stereocenters. The van der Waals surface area contributed by atoms with Crippen molar-refractivity contribution in [1.29, 1.82) is 0 Å². The summed E-state index contributed by atoms with van der Waals surface area (Å²) in [4.78, 5) is 12.7. The van der Waals surface area contributed by atoms with Crippen LogP contribution in [-0.2, 0) is 10.0 Å². The van der Waals surface area contributed by atoms with Gasteiger partial charge in [-0.3, -0.25) is 9.10 Å². The molecule has 0 aromatic heterocycles. The molecular weight excluding hydrogens is 340 g/mol. The van der Waals surface area contributed by atoms with Gasteiger partial charge >= 0.3 is 0 Å². The summed E-state index contributed by atoms with van der Waals surface area (Å²) >= 11 is 0. The molecule has 0 aliphatic carbocycles. The summed E-state index contributed by atoms with van der Waals surface area (Å²) in [7, 11) is -0.475. The Morgan fingerprint density at radius 2 is 1.72 bits per heavy atom. The van der Waals surface area contributed by atoms with Crippen LogP contribution in [0.15, 0.2) is 48.5 Å². The third-order valence-electron chi connectivity index (χ3n) is 3.94. The van der Waals surface area contributed by atoms with Crippen LogP contribution in [0.2, 0.25) is 0 Å². The van der Waals surface area contributed by atoms with E-state index in [1.165, 1.54) is 7.05 Å². The maximum Gasteiger partial charge on any atom is 0.253 e. The minimum absolute atomic E-state index is 0.289. The molecule has 1 atom stereocenters. The number of para-hydroxylation sites is 2. The molecule has 0 radical (unpaired) electrons. The molecular formula is C18H22N2O4S. The number of ether oxygens (including phenoxy) is 1. The molecule has 0 saturated carbocycles. The van der Waals surface area contributed by atoms with Crippen molar-refractivity contribution >= 4 is 21.6 Å². The summed E-state index contributed by atoms with van der Waals surface area (Å²) in [5.41, 5.74) is 1.46.